The average Bonchev–Trinajstić information content (AvgIpc) is 2.43. The third kappa shape index (κ3) is 6.01. The summed E-state index contributed by atoms with van der Waals surface area (Å²) in [5.74, 6) is 0.919. The number of nitrogens with one attached hydrogen (secondary N) is 1. The highest BCUT2D eigenvalue weighted by Gasteiger charge is 2.19. The largest absolute Gasteiger partial charge is 0.381 e. The molecule has 1 rings (SSSR count). The maximum absolute atomic E-state index is 5.40. The Hall–Kier alpha value is -0.340. The lowest BCUT2D eigenvalue weighted by atomic mass is 9.83. The molecule has 1 unspecified atom stereocenters. The molecular formula is C16H31NO. The maximum atomic E-state index is 5.40. The number of rotatable bonds is 9. The summed E-state index contributed by atoms with van der Waals surface area (Å²) in [5.41, 5.74) is 0.270. The van der Waals surface area contributed by atoms with E-state index in [9.17, 15) is 0 Å². The summed E-state index contributed by atoms with van der Waals surface area (Å²) in [6, 6.07) is 0. The molecule has 1 heterocycles. The van der Waals surface area contributed by atoms with E-state index in [1.165, 1.54) is 38.5 Å². The summed E-state index contributed by atoms with van der Waals surface area (Å²) < 4.78 is 5.40. The molecule has 0 radical (unpaired) electrons. The molecule has 1 aliphatic heterocycles. The highest BCUT2D eigenvalue weighted by atomic mass is 16.5. The van der Waals surface area contributed by atoms with E-state index >= 15 is 0 Å². The summed E-state index contributed by atoms with van der Waals surface area (Å²) in [5, 5.41) is 3.44. The molecule has 0 spiro atoms. The van der Waals surface area contributed by atoms with Crippen LogP contribution < -0.4 is 5.32 Å². The molecule has 2 heteroatoms. The minimum atomic E-state index is 0.270. The van der Waals surface area contributed by atoms with Gasteiger partial charge in [0.1, 0.15) is 0 Å². The van der Waals surface area contributed by atoms with Crippen molar-refractivity contribution in [1.82, 2.24) is 5.32 Å². The van der Waals surface area contributed by atoms with Crippen LogP contribution in [0.15, 0.2) is 12.7 Å². The Labute approximate surface area is 113 Å². The van der Waals surface area contributed by atoms with Crippen molar-refractivity contribution in [3.63, 3.8) is 0 Å². The molecular weight excluding hydrogens is 222 g/mol. The molecule has 0 saturated carbocycles. The van der Waals surface area contributed by atoms with Gasteiger partial charge in [-0.15, -0.1) is 6.58 Å². The van der Waals surface area contributed by atoms with Crippen molar-refractivity contribution in [3.8, 4) is 0 Å². The van der Waals surface area contributed by atoms with Crippen LogP contribution in [0.4, 0.5) is 0 Å². The minimum Gasteiger partial charge on any atom is -0.381 e. The van der Waals surface area contributed by atoms with Gasteiger partial charge < -0.3 is 10.1 Å². The van der Waals surface area contributed by atoms with Crippen LogP contribution in [0.1, 0.15) is 52.4 Å². The van der Waals surface area contributed by atoms with E-state index in [0.29, 0.717) is 0 Å². The van der Waals surface area contributed by atoms with Crippen molar-refractivity contribution in [2.24, 2.45) is 11.3 Å². The highest BCUT2D eigenvalue weighted by molar-refractivity contribution is 4.92. The van der Waals surface area contributed by atoms with Gasteiger partial charge in [0.25, 0.3) is 0 Å². The van der Waals surface area contributed by atoms with Crippen LogP contribution in [0.3, 0.4) is 0 Å². The Morgan fingerprint density at radius 2 is 2.06 bits per heavy atom. The Balaban J connectivity index is 2.12. The molecule has 0 bridgehead atoms. The first-order valence-corrected chi connectivity index (χ1v) is 7.62. The Morgan fingerprint density at radius 3 is 2.67 bits per heavy atom. The Kier molecular flexibility index (Phi) is 7.60. The number of unbranched alkanes of at least 4 members (excludes halogenated alkanes) is 1. The highest BCUT2D eigenvalue weighted by Crippen LogP contribution is 2.27. The summed E-state index contributed by atoms with van der Waals surface area (Å²) in [6.45, 7) is 12.5. The van der Waals surface area contributed by atoms with Gasteiger partial charge in [0, 0.05) is 19.8 Å². The third-order valence-corrected chi connectivity index (χ3v) is 4.22. The van der Waals surface area contributed by atoms with Crippen LogP contribution in [-0.4, -0.2) is 26.3 Å². The van der Waals surface area contributed by atoms with E-state index in [0.717, 1.165) is 32.2 Å². The van der Waals surface area contributed by atoms with E-state index in [1.54, 1.807) is 0 Å². The smallest absolute Gasteiger partial charge is 0.0468 e. The van der Waals surface area contributed by atoms with Gasteiger partial charge in [-0.1, -0.05) is 39.2 Å². The molecule has 0 aliphatic carbocycles. The van der Waals surface area contributed by atoms with Gasteiger partial charge >= 0.3 is 0 Å². The zero-order valence-corrected chi connectivity index (χ0v) is 12.3. The number of hydrogen-bond acceptors (Lipinski definition) is 2. The standard InChI is InChI=1S/C16H31NO/c1-4-16(3,14-17-5-2)11-7-6-8-15-9-12-18-13-10-15/h4,15,17H,1,5-14H2,2-3H3. The van der Waals surface area contributed by atoms with E-state index in [-0.39, 0.29) is 5.41 Å². The maximum Gasteiger partial charge on any atom is 0.0468 e. The predicted octanol–water partition coefficient (Wildman–Crippen LogP) is 3.78. The van der Waals surface area contributed by atoms with Crippen LogP contribution in [-0.2, 0) is 4.74 Å². The summed E-state index contributed by atoms with van der Waals surface area (Å²) in [6.07, 6.45) is 10.0. The normalized spacial score (nSPS) is 20.6. The molecule has 0 amide bonds. The average molecular weight is 253 g/mol. The molecule has 106 valence electrons. The summed E-state index contributed by atoms with van der Waals surface area (Å²) >= 11 is 0. The number of ether oxygens (including phenoxy) is 1. The second kappa shape index (κ2) is 8.71. The quantitative estimate of drug-likeness (QED) is 0.499. The van der Waals surface area contributed by atoms with E-state index in [2.05, 4.69) is 31.8 Å². The first-order chi connectivity index (χ1) is 8.70. The van der Waals surface area contributed by atoms with Crippen LogP contribution >= 0.6 is 0 Å². The van der Waals surface area contributed by atoms with Gasteiger partial charge in [-0.25, -0.2) is 0 Å². The zero-order chi connectivity index (χ0) is 13.3. The Bertz CT molecular complexity index is 223. The second-order valence-corrected chi connectivity index (χ2v) is 5.94. The summed E-state index contributed by atoms with van der Waals surface area (Å²) in [4.78, 5) is 0. The molecule has 1 atom stereocenters. The van der Waals surface area contributed by atoms with Crippen LogP contribution in [0.2, 0.25) is 0 Å². The molecule has 1 saturated heterocycles. The van der Waals surface area contributed by atoms with Gasteiger partial charge in [-0.05, 0) is 37.1 Å². The van der Waals surface area contributed by atoms with E-state index < -0.39 is 0 Å². The molecule has 1 fully saturated rings. The molecule has 1 aliphatic rings. The van der Waals surface area contributed by atoms with E-state index in [4.69, 9.17) is 4.74 Å². The SMILES string of the molecule is C=CC(C)(CCCCC1CCOCC1)CNCC. The molecule has 0 aromatic rings. The van der Waals surface area contributed by atoms with E-state index in [1.807, 2.05) is 0 Å². The fourth-order valence-electron chi connectivity index (χ4n) is 2.67. The molecule has 2 nitrogen and oxygen atoms in total. The zero-order valence-electron chi connectivity index (χ0n) is 12.3. The van der Waals surface area contributed by atoms with Gasteiger partial charge in [-0.3, -0.25) is 0 Å². The van der Waals surface area contributed by atoms with Gasteiger partial charge in [0.2, 0.25) is 0 Å². The van der Waals surface area contributed by atoms with Gasteiger partial charge in [0.15, 0.2) is 0 Å². The van der Waals surface area contributed by atoms with Crippen molar-refractivity contribution < 1.29 is 4.74 Å². The molecule has 1 N–H and O–H groups in total. The molecule has 0 aromatic heterocycles. The van der Waals surface area contributed by atoms with Gasteiger partial charge in [0.05, 0.1) is 0 Å². The topological polar surface area (TPSA) is 21.3 Å². The minimum absolute atomic E-state index is 0.270. The van der Waals surface area contributed by atoms with Crippen LogP contribution in [0.5, 0.6) is 0 Å². The number of hydrogen-bond donors (Lipinski definition) is 1. The van der Waals surface area contributed by atoms with Crippen LogP contribution in [0, 0.1) is 11.3 Å². The summed E-state index contributed by atoms with van der Waals surface area (Å²) in [7, 11) is 0. The molecule has 18 heavy (non-hydrogen) atoms. The molecule has 0 aromatic carbocycles. The monoisotopic (exact) mass is 253 g/mol. The second-order valence-electron chi connectivity index (χ2n) is 5.94. The lowest BCUT2D eigenvalue weighted by molar-refractivity contribution is 0.0629. The van der Waals surface area contributed by atoms with Crippen molar-refractivity contribution in [2.45, 2.75) is 52.4 Å². The van der Waals surface area contributed by atoms with Crippen molar-refractivity contribution in [3.05, 3.63) is 12.7 Å². The lowest BCUT2D eigenvalue weighted by Gasteiger charge is -2.27. The van der Waals surface area contributed by atoms with Crippen molar-refractivity contribution in [2.75, 3.05) is 26.3 Å². The van der Waals surface area contributed by atoms with Crippen molar-refractivity contribution >= 4 is 0 Å². The fourth-order valence-corrected chi connectivity index (χ4v) is 2.67. The van der Waals surface area contributed by atoms with Gasteiger partial charge in [-0.2, -0.15) is 0 Å². The Morgan fingerprint density at radius 1 is 1.33 bits per heavy atom. The van der Waals surface area contributed by atoms with Crippen LogP contribution in [0.25, 0.3) is 0 Å². The predicted molar refractivity (Wildman–Crippen MR) is 78.9 cm³/mol. The first-order valence-electron chi connectivity index (χ1n) is 7.62. The lowest BCUT2D eigenvalue weighted by Crippen LogP contribution is -2.30. The van der Waals surface area contributed by atoms with Crippen molar-refractivity contribution in [1.29, 1.82) is 0 Å². The first kappa shape index (κ1) is 15.7. The third-order valence-electron chi connectivity index (χ3n) is 4.22. The fraction of sp³-hybridized carbons (Fsp3) is 0.875.